The number of carbonyl (C=O) groups excluding carboxylic acids is 1. The number of thiazole rings is 1. The molecule has 2 aliphatic heterocycles. The van der Waals surface area contributed by atoms with Crippen LogP contribution < -0.4 is 15.8 Å². The van der Waals surface area contributed by atoms with Gasteiger partial charge in [0.05, 0.1) is 19.8 Å². The third kappa shape index (κ3) is 4.64. The zero-order chi connectivity index (χ0) is 22.8. The number of benzene rings is 1. The SMILES string of the molecule is Cn1c(CN2CCOCC2)nc2sc(N3CCC[C@@H]3C(=O)NCc3ccccc3)nc2c1=O. The van der Waals surface area contributed by atoms with Gasteiger partial charge >= 0.3 is 0 Å². The molecule has 174 valence electrons. The van der Waals surface area contributed by atoms with Crippen LogP contribution in [0.2, 0.25) is 0 Å². The molecule has 1 N–H and O–H groups in total. The first-order valence-corrected chi connectivity index (χ1v) is 12.2. The van der Waals surface area contributed by atoms with E-state index in [0.29, 0.717) is 41.8 Å². The van der Waals surface area contributed by atoms with E-state index in [1.807, 2.05) is 35.2 Å². The first-order chi connectivity index (χ1) is 16.1. The van der Waals surface area contributed by atoms with Crippen molar-refractivity contribution in [3.05, 3.63) is 52.1 Å². The van der Waals surface area contributed by atoms with Crippen molar-refractivity contribution < 1.29 is 9.53 Å². The van der Waals surface area contributed by atoms with Gasteiger partial charge in [0.2, 0.25) is 5.91 Å². The second-order valence-electron chi connectivity index (χ2n) is 8.49. The van der Waals surface area contributed by atoms with Gasteiger partial charge in [0.25, 0.3) is 5.56 Å². The fraction of sp³-hybridized carbons (Fsp3) is 0.478. The van der Waals surface area contributed by atoms with E-state index in [0.717, 1.165) is 43.9 Å². The van der Waals surface area contributed by atoms with Crippen molar-refractivity contribution in [1.29, 1.82) is 0 Å². The summed E-state index contributed by atoms with van der Waals surface area (Å²) in [5, 5.41) is 3.74. The average molecular weight is 469 g/mol. The molecule has 0 radical (unpaired) electrons. The van der Waals surface area contributed by atoms with Crippen molar-refractivity contribution in [2.24, 2.45) is 7.05 Å². The van der Waals surface area contributed by atoms with E-state index in [1.54, 1.807) is 11.6 Å². The third-order valence-electron chi connectivity index (χ3n) is 6.30. The smallest absolute Gasteiger partial charge is 0.280 e. The molecule has 5 rings (SSSR count). The van der Waals surface area contributed by atoms with Crippen LogP contribution in [0, 0.1) is 0 Å². The van der Waals surface area contributed by atoms with Gasteiger partial charge in [-0.1, -0.05) is 41.7 Å². The highest BCUT2D eigenvalue weighted by molar-refractivity contribution is 7.21. The molecule has 0 bridgehead atoms. The largest absolute Gasteiger partial charge is 0.379 e. The summed E-state index contributed by atoms with van der Waals surface area (Å²) in [5.74, 6) is 0.715. The van der Waals surface area contributed by atoms with Gasteiger partial charge in [-0.05, 0) is 18.4 Å². The molecule has 1 aromatic carbocycles. The minimum Gasteiger partial charge on any atom is -0.379 e. The predicted molar refractivity (Wildman–Crippen MR) is 127 cm³/mol. The summed E-state index contributed by atoms with van der Waals surface area (Å²) < 4.78 is 7.01. The van der Waals surface area contributed by atoms with Crippen LogP contribution in [-0.4, -0.2) is 64.2 Å². The van der Waals surface area contributed by atoms with E-state index in [9.17, 15) is 9.59 Å². The van der Waals surface area contributed by atoms with Crippen molar-refractivity contribution in [3.63, 3.8) is 0 Å². The molecule has 10 heteroatoms. The van der Waals surface area contributed by atoms with Crippen molar-refractivity contribution in [2.75, 3.05) is 37.7 Å². The summed E-state index contributed by atoms with van der Waals surface area (Å²) in [5.41, 5.74) is 1.30. The number of hydrogen-bond donors (Lipinski definition) is 1. The van der Waals surface area contributed by atoms with Crippen LogP contribution in [0.25, 0.3) is 10.3 Å². The fourth-order valence-electron chi connectivity index (χ4n) is 4.38. The highest BCUT2D eigenvalue weighted by Gasteiger charge is 2.33. The standard InChI is InChI=1S/C23H28N6O3S/c1-27-18(15-28-10-12-32-13-11-28)25-21-19(22(27)31)26-23(33-21)29-9-5-8-17(29)20(30)24-14-16-6-3-2-4-7-16/h2-4,6-7,17H,5,8-15H2,1H3,(H,24,30)/t17-/m1/s1. The van der Waals surface area contributed by atoms with E-state index in [4.69, 9.17) is 9.72 Å². The highest BCUT2D eigenvalue weighted by atomic mass is 32.1. The lowest BCUT2D eigenvalue weighted by Gasteiger charge is -2.26. The number of aromatic nitrogens is 3. The van der Waals surface area contributed by atoms with Gasteiger partial charge in [0.1, 0.15) is 11.9 Å². The molecule has 2 aromatic heterocycles. The first kappa shape index (κ1) is 22.0. The minimum atomic E-state index is -0.286. The molecule has 4 heterocycles. The fourth-order valence-corrected chi connectivity index (χ4v) is 5.41. The molecule has 2 saturated heterocycles. The maximum absolute atomic E-state index is 13.0. The lowest BCUT2D eigenvalue weighted by molar-refractivity contribution is -0.122. The van der Waals surface area contributed by atoms with Gasteiger partial charge < -0.3 is 15.0 Å². The molecule has 9 nitrogen and oxygen atoms in total. The second kappa shape index (κ2) is 9.58. The average Bonchev–Trinajstić information content (AvgIpc) is 3.49. The van der Waals surface area contributed by atoms with Gasteiger partial charge in [-0.2, -0.15) is 0 Å². The van der Waals surface area contributed by atoms with E-state index in [-0.39, 0.29) is 17.5 Å². The molecule has 0 saturated carbocycles. The Bertz CT molecular complexity index is 1190. The summed E-state index contributed by atoms with van der Waals surface area (Å²) >= 11 is 1.40. The Hall–Kier alpha value is -2.82. The third-order valence-corrected chi connectivity index (χ3v) is 7.29. The topological polar surface area (TPSA) is 92.6 Å². The molecule has 3 aromatic rings. The van der Waals surface area contributed by atoms with Gasteiger partial charge in [-0.3, -0.25) is 19.1 Å². The van der Waals surface area contributed by atoms with Crippen molar-refractivity contribution in [3.8, 4) is 0 Å². The van der Waals surface area contributed by atoms with Crippen LogP contribution in [0.1, 0.15) is 24.2 Å². The molecule has 0 aliphatic carbocycles. The minimum absolute atomic E-state index is 0.00974. The van der Waals surface area contributed by atoms with Crippen LogP contribution in [-0.2, 0) is 29.7 Å². The number of nitrogens with one attached hydrogen (secondary N) is 1. The molecular weight excluding hydrogens is 440 g/mol. The van der Waals surface area contributed by atoms with E-state index < -0.39 is 0 Å². The number of hydrogen-bond acceptors (Lipinski definition) is 8. The summed E-state index contributed by atoms with van der Waals surface area (Å²) in [7, 11) is 1.75. The van der Waals surface area contributed by atoms with Crippen LogP contribution in [0.3, 0.4) is 0 Å². The van der Waals surface area contributed by atoms with Crippen molar-refractivity contribution >= 4 is 32.7 Å². The Labute approximate surface area is 196 Å². The highest BCUT2D eigenvalue weighted by Crippen LogP contribution is 2.31. The summed E-state index contributed by atoms with van der Waals surface area (Å²) in [6, 6.07) is 9.59. The van der Waals surface area contributed by atoms with E-state index >= 15 is 0 Å². The summed E-state index contributed by atoms with van der Waals surface area (Å²) in [6.07, 6.45) is 1.68. The molecule has 2 fully saturated rings. The number of anilines is 1. The lowest BCUT2D eigenvalue weighted by Crippen LogP contribution is -2.43. The Balaban J connectivity index is 1.35. The normalized spacial score (nSPS) is 19.3. The molecule has 0 unspecified atom stereocenters. The number of morpholine rings is 1. The number of nitrogens with zero attached hydrogens (tertiary/aromatic N) is 5. The van der Waals surface area contributed by atoms with Crippen LogP contribution in [0.5, 0.6) is 0 Å². The summed E-state index contributed by atoms with van der Waals surface area (Å²) in [6.45, 7) is 4.89. The Morgan fingerprint density at radius 3 is 2.76 bits per heavy atom. The predicted octanol–water partition coefficient (Wildman–Crippen LogP) is 1.51. The van der Waals surface area contributed by atoms with Gasteiger partial charge in [0.15, 0.2) is 15.5 Å². The number of rotatable bonds is 6. The van der Waals surface area contributed by atoms with Crippen LogP contribution in [0.15, 0.2) is 35.1 Å². The molecular formula is C23H28N6O3S. The zero-order valence-corrected chi connectivity index (χ0v) is 19.5. The molecule has 1 amide bonds. The van der Waals surface area contributed by atoms with Crippen LogP contribution in [0.4, 0.5) is 5.13 Å². The monoisotopic (exact) mass is 468 g/mol. The Kier molecular flexibility index (Phi) is 6.39. The Morgan fingerprint density at radius 1 is 1.18 bits per heavy atom. The van der Waals surface area contributed by atoms with Crippen molar-refractivity contribution in [2.45, 2.75) is 32.0 Å². The Morgan fingerprint density at radius 2 is 1.97 bits per heavy atom. The first-order valence-electron chi connectivity index (χ1n) is 11.3. The number of amides is 1. The quantitative estimate of drug-likeness (QED) is 0.586. The molecule has 1 atom stereocenters. The van der Waals surface area contributed by atoms with E-state index in [2.05, 4.69) is 15.2 Å². The number of fused-ring (bicyclic) bond motifs is 1. The molecule has 0 spiro atoms. The van der Waals surface area contributed by atoms with Crippen LogP contribution >= 0.6 is 11.3 Å². The van der Waals surface area contributed by atoms with Crippen molar-refractivity contribution in [1.82, 2.24) is 24.8 Å². The van der Waals surface area contributed by atoms with E-state index in [1.165, 1.54) is 11.3 Å². The van der Waals surface area contributed by atoms with Gasteiger partial charge in [0, 0.05) is 33.2 Å². The summed E-state index contributed by atoms with van der Waals surface area (Å²) in [4.78, 5) is 40.3. The number of ether oxygens (including phenoxy) is 1. The number of carbonyl (C=O) groups is 1. The molecule has 2 aliphatic rings. The molecule has 33 heavy (non-hydrogen) atoms. The van der Waals surface area contributed by atoms with Gasteiger partial charge in [-0.25, -0.2) is 9.97 Å². The zero-order valence-electron chi connectivity index (χ0n) is 18.7. The maximum Gasteiger partial charge on any atom is 0.280 e. The lowest BCUT2D eigenvalue weighted by atomic mass is 10.2. The second-order valence-corrected chi connectivity index (χ2v) is 9.44. The maximum atomic E-state index is 13.0. The van der Waals surface area contributed by atoms with Gasteiger partial charge in [-0.15, -0.1) is 0 Å².